The maximum absolute atomic E-state index is 11.6. The lowest BCUT2D eigenvalue weighted by Crippen LogP contribution is -2.71. The number of nitrogens with zero attached hydrogens (tertiary/aromatic N) is 4. The molecule has 168 valence electrons. The van der Waals surface area contributed by atoms with Gasteiger partial charge in [0.15, 0.2) is 0 Å². The second-order valence-electron chi connectivity index (χ2n) is 9.87. The fourth-order valence-electron chi connectivity index (χ4n) is 6.12. The number of aromatic nitrogens is 2. The van der Waals surface area contributed by atoms with Crippen molar-refractivity contribution in [2.75, 3.05) is 24.5 Å². The highest BCUT2D eigenvalue weighted by Gasteiger charge is 2.55. The quantitative estimate of drug-likeness (QED) is 0.478. The van der Waals surface area contributed by atoms with E-state index in [0.29, 0.717) is 0 Å². The van der Waals surface area contributed by atoms with Crippen LogP contribution in [0.2, 0.25) is 0 Å². The topological polar surface area (TPSA) is 52.5 Å². The van der Waals surface area contributed by atoms with Gasteiger partial charge < -0.3 is 10.0 Å². The lowest BCUT2D eigenvalue weighted by molar-refractivity contribution is -0.0528. The van der Waals surface area contributed by atoms with E-state index in [9.17, 15) is 5.11 Å². The number of aliphatic hydroxyl groups is 1. The Hall–Kier alpha value is -3.02. The minimum Gasteiger partial charge on any atom is -0.374 e. The van der Waals surface area contributed by atoms with Gasteiger partial charge in [0.05, 0.1) is 6.04 Å². The molecule has 33 heavy (non-hydrogen) atoms. The normalized spacial score (nSPS) is 24.5. The molecule has 2 saturated heterocycles. The van der Waals surface area contributed by atoms with Gasteiger partial charge in [-0.05, 0) is 55.0 Å². The largest absolute Gasteiger partial charge is 0.374 e. The average molecular weight is 439 g/mol. The Morgan fingerprint density at radius 3 is 2.64 bits per heavy atom. The molecule has 0 radical (unpaired) electrons. The van der Waals surface area contributed by atoms with Crippen molar-refractivity contribution in [2.45, 2.75) is 39.0 Å². The number of rotatable bonds is 4. The SMILES string of the molecule is C=CC12CCN(C(O)c3cccc4c3-c3ccccc3C4)CC1N(c1nc(C)cc(C)n1)C2. The minimum absolute atomic E-state index is 0.0580. The van der Waals surface area contributed by atoms with Gasteiger partial charge in [-0.2, -0.15) is 0 Å². The van der Waals surface area contributed by atoms with Crippen LogP contribution in [0, 0.1) is 19.3 Å². The van der Waals surface area contributed by atoms with Gasteiger partial charge in [-0.3, -0.25) is 4.90 Å². The lowest BCUT2D eigenvalue weighted by atomic mass is 9.67. The zero-order valence-corrected chi connectivity index (χ0v) is 19.3. The second-order valence-corrected chi connectivity index (χ2v) is 9.87. The Morgan fingerprint density at radius 2 is 1.85 bits per heavy atom. The lowest BCUT2D eigenvalue weighted by Gasteiger charge is -2.61. The molecule has 0 saturated carbocycles. The van der Waals surface area contributed by atoms with Crippen molar-refractivity contribution >= 4 is 5.95 Å². The van der Waals surface area contributed by atoms with Crippen LogP contribution in [0.5, 0.6) is 0 Å². The Labute approximate surface area is 195 Å². The van der Waals surface area contributed by atoms with Crippen molar-refractivity contribution in [1.82, 2.24) is 14.9 Å². The van der Waals surface area contributed by atoms with E-state index in [2.05, 4.69) is 64.9 Å². The van der Waals surface area contributed by atoms with E-state index in [4.69, 9.17) is 9.97 Å². The molecule has 0 amide bonds. The summed E-state index contributed by atoms with van der Waals surface area (Å²) in [7, 11) is 0. The molecule has 3 unspecified atom stereocenters. The third-order valence-corrected chi connectivity index (χ3v) is 7.89. The molecule has 5 nitrogen and oxygen atoms in total. The standard InChI is InChI=1S/C28H30N4O/c1-4-28-12-13-31(16-24(28)32(17-28)27-29-18(2)14-19(3)30-27)26(33)23-11-7-9-21-15-20-8-5-6-10-22(20)25(21)23/h4-11,14,24,26,33H,1,12-13,15-17H2,2-3H3. The van der Waals surface area contributed by atoms with Gasteiger partial charge in [-0.1, -0.05) is 48.5 Å². The summed E-state index contributed by atoms with van der Waals surface area (Å²) < 4.78 is 0. The molecule has 2 aliphatic heterocycles. The first-order valence-corrected chi connectivity index (χ1v) is 11.8. The number of piperidine rings is 1. The fraction of sp³-hybridized carbons (Fsp3) is 0.357. The number of fused-ring (bicyclic) bond motifs is 4. The van der Waals surface area contributed by atoms with Gasteiger partial charge in [-0.15, -0.1) is 6.58 Å². The van der Waals surface area contributed by atoms with E-state index in [1.807, 2.05) is 19.9 Å². The number of likely N-dealkylation sites (tertiary alicyclic amines) is 1. The number of benzene rings is 2. The van der Waals surface area contributed by atoms with Crippen LogP contribution in [-0.4, -0.2) is 45.7 Å². The summed E-state index contributed by atoms with van der Waals surface area (Å²) >= 11 is 0. The predicted molar refractivity (Wildman–Crippen MR) is 131 cm³/mol. The predicted octanol–water partition coefficient (Wildman–Crippen LogP) is 4.42. The smallest absolute Gasteiger partial charge is 0.226 e. The Balaban J connectivity index is 1.31. The van der Waals surface area contributed by atoms with E-state index < -0.39 is 6.23 Å². The van der Waals surface area contributed by atoms with Crippen molar-refractivity contribution in [3.05, 3.63) is 89.3 Å². The van der Waals surface area contributed by atoms with Crippen LogP contribution in [0.15, 0.2) is 61.2 Å². The molecular formula is C28H30N4O. The summed E-state index contributed by atoms with van der Waals surface area (Å²) in [5.41, 5.74) is 8.16. The molecule has 3 atom stereocenters. The highest BCUT2D eigenvalue weighted by molar-refractivity contribution is 5.79. The number of anilines is 1. The Bertz CT molecular complexity index is 1230. The Morgan fingerprint density at radius 1 is 1.09 bits per heavy atom. The third-order valence-electron chi connectivity index (χ3n) is 7.89. The van der Waals surface area contributed by atoms with Crippen molar-refractivity contribution in [3.8, 4) is 11.1 Å². The molecule has 0 spiro atoms. The van der Waals surface area contributed by atoms with Crippen LogP contribution in [-0.2, 0) is 6.42 Å². The molecular weight excluding hydrogens is 408 g/mol. The molecule has 1 N–H and O–H groups in total. The summed E-state index contributed by atoms with van der Waals surface area (Å²) in [6, 6.07) is 17.1. The molecule has 1 aromatic heterocycles. The number of hydrogen-bond acceptors (Lipinski definition) is 5. The van der Waals surface area contributed by atoms with Gasteiger partial charge in [0.2, 0.25) is 5.95 Å². The minimum atomic E-state index is -0.642. The van der Waals surface area contributed by atoms with E-state index >= 15 is 0 Å². The summed E-state index contributed by atoms with van der Waals surface area (Å²) in [5.74, 6) is 0.792. The highest BCUT2D eigenvalue weighted by Crippen LogP contribution is 2.49. The van der Waals surface area contributed by atoms with Gasteiger partial charge in [-0.25, -0.2) is 9.97 Å². The summed E-state index contributed by atoms with van der Waals surface area (Å²) in [5, 5.41) is 11.6. The highest BCUT2D eigenvalue weighted by atomic mass is 16.3. The van der Waals surface area contributed by atoms with Crippen molar-refractivity contribution in [3.63, 3.8) is 0 Å². The first kappa shape index (κ1) is 20.6. The molecule has 2 aromatic carbocycles. The molecule has 3 aliphatic rings. The van der Waals surface area contributed by atoms with Crippen LogP contribution >= 0.6 is 0 Å². The number of aryl methyl sites for hydroxylation is 2. The summed E-state index contributed by atoms with van der Waals surface area (Å²) in [6.07, 6.45) is 3.39. The van der Waals surface area contributed by atoms with Crippen LogP contribution in [0.1, 0.15) is 40.7 Å². The van der Waals surface area contributed by atoms with E-state index in [-0.39, 0.29) is 11.5 Å². The first-order valence-electron chi connectivity index (χ1n) is 11.8. The molecule has 2 fully saturated rings. The van der Waals surface area contributed by atoms with E-state index in [1.165, 1.54) is 22.3 Å². The molecule has 1 aliphatic carbocycles. The van der Waals surface area contributed by atoms with Crippen LogP contribution in [0.25, 0.3) is 11.1 Å². The second kappa shape index (κ2) is 7.51. The zero-order valence-electron chi connectivity index (χ0n) is 19.3. The van der Waals surface area contributed by atoms with Gasteiger partial charge in [0, 0.05) is 42.0 Å². The van der Waals surface area contributed by atoms with Crippen molar-refractivity contribution in [1.29, 1.82) is 0 Å². The third kappa shape index (κ3) is 3.14. The molecule has 5 heteroatoms. The summed E-state index contributed by atoms with van der Waals surface area (Å²) in [4.78, 5) is 13.9. The van der Waals surface area contributed by atoms with E-state index in [0.717, 1.165) is 55.4 Å². The van der Waals surface area contributed by atoms with Gasteiger partial charge in [0.1, 0.15) is 6.23 Å². The van der Waals surface area contributed by atoms with Gasteiger partial charge in [0.25, 0.3) is 0 Å². The first-order chi connectivity index (χ1) is 16.0. The monoisotopic (exact) mass is 438 g/mol. The number of aliphatic hydroxyl groups excluding tert-OH is 1. The van der Waals surface area contributed by atoms with Crippen LogP contribution in [0.4, 0.5) is 5.95 Å². The Kier molecular flexibility index (Phi) is 4.68. The molecule has 0 bridgehead atoms. The van der Waals surface area contributed by atoms with E-state index in [1.54, 1.807) is 0 Å². The number of hydrogen-bond donors (Lipinski definition) is 1. The molecule has 3 heterocycles. The maximum atomic E-state index is 11.6. The van der Waals surface area contributed by atoms with Gasteiger partial charge >= 0.3 is 0 Å². The van der Waals surface area contributed by atoms with Crippen LogP contribution < -0.4 is 4.90 Å². The van der Waals surface area contributed by atoms with Crippen LogP contribution in [0.3, 0.4) is 0 Å². The average Bonchev–Trinajstić information content (AvgIpc) is 3.18. The summed E-state index contributed by atoms with van der Waals surface area (Å²) in [6.45, 7) is 10.7. The maximum Gasteiger partial charge on any atom is 0.226 e. The molecule has 6 rings (SSSR count). The van der Waals surface area contributed by atoms with Crippen molar-refractivity contribution in [2.24, 2.45) is 5.41 Å². The molecule has 3 aromatic rings. The van der Waals surface area contributed by atoms with Crippen molar-refractivity contribution < 1.29 is 5.11 Å². The fourth-order valence-corrected chi connectivity index (χ4v) is 6.12. The zero-order chi connectivity index (χ0) is 22.7.